The van der Waals surface area contributed by atoms with Gasteiger partial charge in [0.05, 0.1) is 18.4 Å². The molecule has 0 spiro atoms. The summed E-state index contributed by atoms with van der Waals surface area (Å²) in [5, 5.41) is 4.84. The second-order valence-electron chi connectivity index (χ2n) is 8.54. The predicted octanol–water partition coefficient (Wildman–Crippen LogP) is 5.54. The molecule has 1 heterocycles. The summed E-state index contributed by atoms with van der Waals surface area (Å²) >= 11 is 3.53. The molecule has 1 saturated carbocycles. The lowest BCUT2D eigenvalue weighted by molar-refractivity contribution is -0.128. The van der Waals surface area contributed by atoms with Crippen LogP contribution in [-0.2, 0) is 23.2 Å². The highest BCUT2D eigenvalue weighted by atomic mass is 79.9. The van der Waals surface area contributed by atoms with Crippen molar-refractivity contribution in [3.05, 3.63) is 87.7 Å². The predicted molar refractivity (Wildman–Crippen MR) is 118 cm³/mol. The molecule has 148 valence electrons. The van der Waals surface area contributed by atoms with Gasteiger partial charge in [0.1, 0.15) is 5.78 Å². The second-order valence-corrected chi connectivity index (χ2v) is 9.46. The Balaban J connectivity index is 1.67. The zero-order valence-corrected chi connectivity index (χ0v) is 18.2. The fraction of sp³-hybridized carbons (Fsp3) is 0.360. The van der Waals surface area contributed by atoms with E-state index in [1.165, 1.54) is 22.4 Å². The van der Waals surface area contributed by atoms with E-state index in [2.05, 4.69) is 88.3 Å². The van der Waals surface area contributed by atoms with Crippen molar-refractivity contribution in [2.24, 2.45) is 11.8 Å². The van der Waals surface area contributed by atoms with Gasteiger partial charge < -0.3 is 0 Å². The van der Waals surface area contributed by atoms with E-state index in [1.807, 2.05) is 0 Å². The van der Waals surface area contributed by atoms with Crippen LogP contribution in [0.2, 0.25) is 0 Å². The van der Waals surface area contributed by atoms with E-state index in [0.29, 0.717) is 18.1 Å². The van der Waals surface area contributed by atoms with Gasteiger partial charge in [-0.2, -0.15) is 5.10 Å². The summed E-state index contributed by atoms with van der Waals surface area (Å²) < 4.78 is 3.30. The summed E-state index contributed by atoms with van der Waals surface area (Å²) in [5.41, 5.74) is 5.13. The van der Waals surface area contributed by atoms with Gasteiger partial charge in [-0.05, 0) is 54.0 Å². The van der Waals surface area contributed by atoms with E-state index in [0.717, 1.165) is 30.3 Å². The van der Waals surface area contributed by atoms with Crippen LogP contribution in [0.4, 0.5) is 0 Å². The number of aryl methyl sites for hydroxylation is 1. The summed E-state index contributed by atoms with van der Waals surface area (Å²) in [5.74, 6) is 0.844. The van der Waals surface area contributed by atoms with Crippen LogP contribution in [0, 0.1) is 11.8 Å². The maximum atomic E-state index is 12.7. The molecule has 0 saturated heterocycles. The van der Waals surface area contributed by atoms with Crippen LogP contribution in [0.15, 0.2) is 65.3 Å². The second kappa shape index (κ2) is 7.24. The monoisotopic (exact) mass is 448 g/mol. The van der Waals surface area contributed by atoms with Gasteiger partial charge in [-0.15, -0.1) is 0 Å². The number of Topliss-reactive ketones (excluding diaryl/α,β-unsaturated/α-hetero) is 1. The third-order valence-corrected chi connectivity index (χ3v) is 7.64. The standard InChI is InChI=1S/C25H25BrN2O/c1-17-22-12-9-19-15-27-28(16-18-7-10-21(26)11-8-18)24(19)25(22,14-13-23(17)29)20-5-3-2-4-6-20/h2-8,10-11,15,17,22H,9,12-14,16H2,1H3/t17-,22-,25+/m0/s1. The van der Waals surface area contributed by atoms with Gasteiger partial charge >= 0.3 is 0 Å². The van der Waals surface area contributed by atoms with E-state index in [1.54, 1.807) is 0 Å². The van der Waals surface area contributed by atoms with Gasteiger partial charge in [0, 0.05) is 22.2 Å². The maximum Gasteiger partial charge on any atom is 0.136 e. The number of fused-ring (bicyclic) bond motifs is 3. The molecule has 5 rings (SSSR count). The highest BCUT2D eigenvalue weighted by Gasteiger charge is 2.53. The first-order chi connectivity index (χ1) is 14.1. The summed E-state index contributed by atoms with van der Waals surface area (Å²) in [7, 11) is 0. The maximum absolute atomic E-state index is 12.7. The summed E-state index contributed by atoms with van der Waals surface area (Å²) in [6.45, 7) is 2.90. The number of halogens is 1. The topological polar surface area (TPSA) is 34.9 Å². The molecule has 0 aliphatic heterocycles. The van der Waals surface area contributed by atoms with E-state index < -0.39 is 0 Å². The molecule has 0 unspecified atom stereocenters. The van der Waals surface area contributed by atoms with E-state index in [4.69, 9.17) is 5.10 Å². The lowest BCUT2D eigenvalue weighted by Crippen LogP contribution is -2.50. The average Bonchev–Trinajstić information content (AvgIpc) is 3.16. The minimum absolute atomic E-state index is 0.0909. The van der Waals surface area contributed by atoms with Crippen molar-refractivity contribution < 1.29 is 4.79 Å². The number of nitrogens with zero attached hydrogens (tertiary/aromatic N) is 2. The number of hydrogen-bond acceptors (Lipinski definition) is 2. The van der Waals surface area contributed by atoms with Crippen molar-refractivity contribution in [2.75, 3.05) is 0 Å². The van der Waals surface area contributed by atoms with Crippen molar-refractivity contribution in [1.82, 2.24) is 9.78 Å². The molecule has 3 aromatic rings. The largest absolute Gasteiger partial charge is 0.299 e. The Morgan fingerprint density at radius 2 is 1.86 bits per heavy atom. The lowest BCUT2D eigenvalue weighted by Gasteiger charge is -2.50. The third-order valence-electron chi connectivity index (χ3n) is 7.11. The van der Waals surface area contributed by atoms with Gasteiger partial charge in [0.25, 0.3) is 0 Å². The first kappa shape index (κ1) is 18.8. The molecule has 0 bridgehead atoms. The first-order valence-electron chi connectivity index (χ1n) is 10.5. The molecule has 3 nitrogen and oxygen atoms in total. The van der Waals surface area contributed by atoms with Crippen molar-refractivity contribution in [3.8, 4) is 0 Å². The highest BCUT2D eigenvalue weighted by molar-refractivity contribution is 9.10. The minimum Gasteiger partial charge on any atom is -0.299 e. The number of hydrogen-bond donors (Lipinski definition) is 0. The number of benzene rings is 2. The summed E-state index contributed by atoms with van der Waals surface area (Å²) in [6.07, 6.45) is 5.65. The number of ketones is 1. The molecule has 4 heteroatoms. The molecule has 1 aromatic heterocycles. The molecule has 3 atom stereocenters. The molecule has 0 radical (unpaired) electrons. The minimum atomic E-state index is -0.131. The fourth-order valence-corrected chi connectivity index (χ4v) is 5.99. The van der Waals surface area contributed by atoms with E-state index >= 15 is 0 Å². The van der Waals surface area contributed by atoms with Gasteiger partial charge in [-0.3, -0.25) is 9.48 Å². The average molecular weight is 449 g/mol. The fourth-order valence-electron chi connectivity index (χ4n) is 5.72. The SMILES string of the molecule is C[C@@H]1C(=O)CC[C@]2(c3ccccc3)c3c(cnn3Cc3ccc(Br)cc3)CC[C@@H]12. The summed E-state index contributed by atoms with van der Waals surface area (Å²) in [6, 6.07) is 19.3. The molecular formula is C25H25BrN2O. The molecule has 2 aliphatic rings. The van der Waals surface area contributed by atoms with Crippen LogP contribution in [-0.4, -0.2) is 15.6 Å². The lowest BCUT2D eigenvalue weighted by atomic mass is 9.53. The van der Waals surface area contributed by atoms with Crippen LogP contribution in [0.1, 0.15) is 48.6 Å². The van der Waals surface area contributed by atoms with Crippen LogP contribution in [0.5, 0.6) is 0 Å². The zero-order valence-electron chi connectivity index (χ0n) is 16.6. The number of carbonyl (C=O) groups is 1. The smallest absolute Gasteiger partial charge is 0.136 e. The van der Waals surface area contributed by atoms with E-state index in [9.17, 15) is 4.79 Å². The highest BCUT2D eigenvalue weighted by Crippen LogP contribution is 2.55. The molecule has 29 heavy (non-hydrogen) atoms. The molecule has 0 amide bonds. The summed E-state index contributed by atoms with van der Waals surface area (Å²) in [4.78, 5) is 12.7. The van der Waals surface area contributed by atoms with Crippen LogP contribution in [0.25, 0.3) is 0 Å². The van der Waals surface area contributed by atoms with E-state index in [-0.39, 0.29) is 11.3 Å². The van der Waals surface area contributed by atoms with Crippen molar-refractivity contribution in [3.63, 3.8) is 0 Å². The van der Waals surface area contributed by atoms with Gasteiger partial charge in [-0.1, -0.05) is 65.3 Å². The Kier molecular flexibility index (Phi) is 4.70. The Labute approximate surface area is 180 Å². The molecular weight excluding hydrogens is 424 g/mol. The first-order valence-corrected chi connectivity index (χ1v) is 11.3. The van der Waals surface area contributed by atoms with Crippen LogP contribution >= 0.6 is 15.9 Å². The van der Waals surface area contributed by atoms with Crippen molar-refractivity contribution >= 4 is 21.7 Å². The Morgan fingerprint density at radius 3 is 2.62 bits per heavy atom. The van der Waals surface area contributed by atoms with Crippen molar-refractivity contribution in [2.45, 2.75) is 44.6 Å². The Bertz CT molecular complexity index is 1040. The van der Waals surface area contributed by atoms with Gasteiger partial charge in [0.15, 0.2) is 0 Å². The molecule has 2 aromatic carbocycles. The number of carbonyl (C=O) groups excluding carboxylic acids is 1. The normalized spacial score (nSPS) is 26.1. The number of rotatable bonds is 3. The third kappa shape index (κ3) is 3.00. The quantitative estimate of drug-likeness (QED) is 0.526. The zero-order chi connectivity index (χ0) is 20.0. The van der Waals surface area contributed by atoms with Gasteiger partial charge in [0.2, 0.25) is 0 Å². The van der Waals surface area contributed by atoms with Crippen molar-refractivity contribution in [1.29, 1.82) is 0 Å². The number of aromatic nitrogens is 2. The molecule has 0 N–H and O–H groups in total. The molecule has 2 aliphatic carbocycles. The van der Waals surface area contributed by atoms with Crippen LogP contribution in [0.3, 0.4) is 0 Å². The Hall–Kier alpha value is -2.20. The van der Waals surface area contributed by atoms with Crippen LogP contribution < -0.4 is 0 Å². The van der Waals surface area contributed by atoms with Gasteiger partial charge in [-0.25, -0.2) is 0 Å². The Morgan fingerprint density at radius 1 is 1.10 bits per heavy atom. The molecule has 1 fully saturated rings.